The number of nitrogens with zero attached hydrogens (tertiary/aromatic N) is 2. The van der Waals surface area contributed by atoms with E-state index in [1.54, 1.807) is 6.20 Å². The Morgan fingerprint density at radius 1 is 1.32 bits per heavy atom. The van der Waals surface area contributed by atoms with Crippen LogP contribution in [0.1, 0.15) is 61.8 Å². The van der Waals surface area contributed by atoms with Gasteiger partial charge in [0.05, 0.1) is 5.39 Å². The van der Waals surface area contributed by atoms with E-state index in [1.807, 2.05) is 13.0 Å². The predicted molar refractivity (Wildman–Crippen MR) is 92.8 cm³/mol. The second-order valence-corrected chi connectivity index (χ2v) is 7.23. The van der Waals surface area contributed by atoms with E-state index in [9.17, 15) is 9.59 Å². The Morgan fingerprint density at radius 3 is 2.80 bits per heavy atom. The zero-order valence-electron chi connectivity index (χ0n) is 14.2. The lowest BCUT2D eigenvalue weighted by Crippen LogP contribution is -2.35. The van der Waals surface area contributed by atoms with Crippen LogP contribution in [0.3, 0.4) is 0 Å². The van der Waals surface area contributed by atoms with E-state index in [0.29, 0.717) is 30.0 Å². The van der Waals surface area contributed by atoms with Crippen LogP contribution >= 0.6 is 0 Å². The number of rotatable bonds is 2. The van der Waals surface area contributed by atoms with Crippen molar-refractivity contribution < 1.29 is 9.59 Å². The van der Waals surface area contributed by atoms with Gasteiger partial charge in [0.25, 0.3) is 5.91 Å². The summed E-state index contributed by atoms with van der Waals surface area (Å²) >= 11 is 0. The van der Waals surface area contributed by atoms with Crippen LogP contribution in [0.2, 0.25) is 0 Å². The number of carbonyl (C=O) groups excluding carboxylic acids is 2. The fourth-order valence-electron chi connectivity index (χ4n) is 3.04. The molecule has 2 heterocycles. The Kier molecular flexibility index (Phi) is 3.79. The summed E-state index contributed by atoms with van der Waals surface area (Å²) in [7, 11) is 0. The van der Waals surface area contributed by atoms with Crippen LogP contribution in [-0.2, 0) is 4.79 Å². The molecule has 0 saturated heterocycles. The molecule has 0 atom stereocenters. The van der Waals surface area contributed by atoms with Gasteiger partial charge in [0, 0.05) is 30.5 Å². The van der Waals surface area contributed by atoms with Gasteiger partial charge in [-0.2, -0.15) is 0 Å². The SMILES string of the molecule is CC1(NC(=O)c2nc(C#CC3CCC(=O)CC3)c3cc[nH]c3n2)CC1. The lowest BCUT2D eigenvalue weighted by atomic mass is 9.89. The molecular formula is C19H20N4O2. The first-order valence-corrected chi connectivity index (χ1v) is 8.73. The van der Waals surface area contributed by atoms with Crippen molar-refractivity contribution in [3.05, 3.63) is 23.8 Å². The molecule has 1 amide bonds. The highest BCUT2D eigenvalue weighted by molar-refractivity contribution is 5.94. The normalized spacial score (nSPS) is 19.3. The first-order valence-electron chi connectivity index (χ1n) is 8.73. The summed E-state index contributed by atoms with van der Waals surface area (Å²) in [5.74, 6) is 6.76. The minimum absolute atomic E-state index is 0.119. The number of hydrogen-bond donors (Lipinski definition) is 2. The van der Waals surface area contributed by atoms with Gasteiger partial charge in [0.15, 0.2) is 0 Å². The fraction of sp³-hybridized carbons (Fsp3) is 0.474. The summed E-state index contributed by atoms with van der Waals surface area (Å²) < 4.78 is 0. The largest absolute Gasteiger partial charge is 0.346 e. The maximum Gasteiger partial charge on any atom is 0.289 e. The highest BCUT2D eigenvalue weighted by atomic mass is 16.2. The maximum atomic E-state index is 12.4. The van der Waals surface area contributed by atoms with Gasteiger partial charge in [-0.15, -0.1) is 0 Å². The van der Waals surface area contributed by atoms with Gasteiger partial charge < -0.3 is 10.3 Å². The van der Waals surface area contributed by atoms with Gasteiger partial charge in [0.2, 0.25) is 5.82 Å². The van der Waals surface area contributed by atoms with Crippen LogP contribution in [0.15, 0.2) is 12.3 Å². The van der Waals surface area contributed by atoms with Gasteiger partial charge in [-0.1, -0.05) is 5.92 Å². The highest BCUT2D eigenvalue weighted by Gasteiger charge is 2.39. The molecule has 6 nitrogen and oxygen atoms in total. The third-order valence-electron chi connectivity index (χ3n) is 4.97. The van der Waals surface area contributed by atoms with E-state index in [-0.39, 0.29) is 23.2 Å². The van der Waals surface area contributed by atoms with E-state index < -0.39 is 0 Å². The molecule has 0 spiro atoms. The van der Waals surface area contributed by atoms with Gasteiger partial charge in [-0.3, -0.25) is 9.59 Å². The molecule has 0 aliphatic heterocycles. The quantitative estimate of drug-likeness (QED) is 0.824. The zero-order chi connectivity index (χ0) is 17.4. The lowest BCUT2D eigenvalue weighted by molar-refractivity contribution is -0.120. The molecule has 2 fully saturated rings. The third-order valence-corrected chi connectivity index (χ3v) is 4.97. The molecule has 0 aromatic carbocycles. The van der Waals surface area contributed by atoms with Gasteiger partial charge >= 0.3 is 0 Å². The van der Waals surface area contributed by atoms with Gasteiger partial charge in [-0.25, -0.2) is 9.97 Å². The van der Waals surface area contributed by atoms with E-state index >= 15 is 0 Å². The number of nitrogens with one attached hydrogen (secondary N) is 2. The summed E-state index contributed by atoms with van der Waals surface area (Å²) in [4.78, 5) is 35.5. The molecule has 0 bridgehead atoms. The van der Waals surface area contributed by atoms with Crippen molar-refractivity contribution in [3.8, 4) is 11.8 Å². The molecule has 2 aliphatic rings. The highest BCUT2D eigenvalue weighted by Crippen LogP contribution is 2.34. The summed E-state index contributed by atoms with van der Waals surface area (Å²) in [6, 6.07) is 1.87. The van der Waals surface area contributed by atoms with E-state index in [2.05, 4.69) is 32.1 Å². The van der Waals surface area contributed by atoms with E-state index in [0.717, 1.165) is 31.1 Å². The molecular weight excluding hydrogens is 316 g/mol. The molecule has 0 radical (unpaired) electrons. The second-order valence-electron chi connectivity index (χ2n) is 7.23. The Morgan fingerprint density at radius 2 is 2.08 bits per heavy atom. The Labute approximate surface area is 145 Å². The van der Waals surface area contributed by atoms with Crippen molar-refractivity contribution >= 4 is 22.7 Å². The third kappa shape index (κ3) is 3.41. The minimum atomic E-state index is -0.261. The molecule has 2 aliphatic carbocycles. The minimum Gasteiger partial charge on any atom is -0.346 e. The number of aromatic nitrogens is 3. The molecule has 2 N–H and O–H groups in total. The van der Waals surface area contributed by atoms with Gasteiger partial charge in [-0.05, 0) is 44.6 Å². The first kappa shape index (κ1) is 15.8. The van der Waals surface area contributed by atoms with Crippen LogP contribution in [0.4, 0.5) is 0 Å². The molecule has 2 aromatic heterocycles. The van der Waals surface area contributed by atoms with Crippen LogP contribution in [0.5, 0.6) is 0 Å². The van der Waals surface area contributed by atoms with Crippen LogP contribution in [0.25, 0.3) is 11.0 Å². The number of aromatic amines is 1. The van der Waals surface area contributed by atoms with Gasteiger partial charge in [0.1, 0.15) is 17.1 Å². The standard InChI is InChI=1S/C19H20N4O2/c1-19(9-10-19)23-18(25)17-21-15(14-8-11-20-16(14)22-17)7-4-12-2-5-13(24)6-3-12/h8,11-12H,2-3,5-6,9-10H2,1H3,(H,23,25)(H,20,21,22). The summed E-state index contributed by atoms with van der Waals surface area (Å²) in [5, 5.41) is 3.79. The molecule has 128 valence electrons. The Hall–Kier alpha value is -2.68. The summed E-state index contributed by atoms with van der Waals surface area (Å²) in [5.41, 5.74) is 1.06. The smallest absolute Gasteiger partial charge is 0.289 e. The number of fused-ring (bicyclic) bond motifs is 1. The molecule has 4 rings (SSSR count). The van der Waals surface area contributed by atoms with Crippen molar-refractivity contribution in [2.24, 2.45) is 5.92 Å². The topological polar surface area (TPSA) is 87.7 Å². The Bertz CT molecular complexity index is 904. The lowest BCUT2D eigenvalue weighted by Gasteiger charge is -2.14. The Balaban J connectivity index is 1.62. The monoisotopic (exact) mass is 336 g/mol. The number of carbonyl (C=O) groups is 2. The number of H-pyrrole nitrogens is 1. The average molecular weight is 336 g/mol. The second kappa shape index (κ2) is 5.99. The number of hydrogen-bond acceptors (Lipinski definition) is 4. The maximum absolute atomic E-state index is 12.4. The zero-order valence-corrected chi connectivity index (χ0v) is 14.2. The van der Waals surface area contributed by atoms with Crippen LogP contribution < -0.4 is 5.32 Å². The number of Topliss-reactive ketones (excluding diaryl/α,β-unsaturated/α-hetero) is 1. The molecule has 6 heteroatoms. The number of amides is 1. The predicted octanol–water partition coefficient (Wildman–Crippen LogP) is 2.35. The molecule has 0 unspecified atom stereocenters. The van der Waals surface area contributed by atoms with E-state index in [4.69, 9.17) is 0 Å². The molecule has 2 saturated carbocycles. The van der Waals surface area contributed by atoms with Crippen LogP contribution in [-0.4, -0.2) is 32.2 Å². The summed E-state index contributed by atoms with van der Waals surface area (Å²) in [6.07, 6.45) is 6.56. The van der Waals surface area contributed by atoms with Crippen molar-refractivity contribution in [3.63, 3.8) is 0 Å². The van der Waals surface area contributed by atoms with E-state index in [1.165, 1.54) is 0 Å². The fourth-order valence-corrected chi connectivity index (χ4v) is 3.04. The van der Waals surface area contributed by atoms with Crippen molar-refractivity contribution in [2.45, 2.75) is 51.0 Å². The molecule has 25 heavy (non-hydrogen) atoms. The first-order chi connectivity index (χ1) is 12.0. The molecule has 2 aromatic rings. The average Bonchev–Trinajstić information content (AvgIpc) is 3.13. The van der Waals surface area contributed by atoms with Crippen molar-refractivity contribution in [2.75, 3.05) is 0 Å². The number of ketones is 1. The van der Waals surface area contributed by atoms with Crippen molar-refractivity contribution in [1.82, 2.24) is 20.3 Å². The van der Waals surface area contributed by atoms with Crippen molar-refractivity contribution in [1.29, 1.82) is 0 Å². The summed E-state index contributed by atoms with van der Waals surface area (Å²) in [6.45, 7) is 2.02. The van der Waals surface area contributed by atoms with Crippen LogP contribution in [0, 0.1) is 17.8 Å².